The number of nitrogens with two attached hydrogens (primary N) is 1. The van der Waals surface area contributed by atoms with E-state index in [0.717, 1.165) is 23.5 Å². The Kier molecular flexibility index (Phi) is 3.09. The summed E-state index contributed by atoms with van der Waals surface area (Å²) < 4.78 is 0. The average molecular weight is 184 g/mol. The normalized spacial score (nSPS) is 11.0. The molecule has 1 aromatic rings. The van der Waals surface area contributed by atoms with E-state index in [2.05, 4.69) is 18.8 Å². The van der Waals surface area contributed by atoms with Crippen molar-refractivity contribution in [2.45, 2.75) is 39.5 Å². The van der Waals surface area contributed by atoms with Gasteiger partial charge in [-0.1, -0.05) is 13.8 Å². The van der Waals surface area contributed by atoms with Crippen LogP contribution in [0.1, 0.15) is 43.3 Å². The zero-order valence-corrected chi connectivity index (χ0v) is 8.74. The average Bonchev–Trinajstić information content (AvgIpc) is 2.35. The molecule has 2 N–H and O–H groups in total. The van der Waals surface area contributed by atoms with Crippen LogP contribution in [0.25, 0.3) is 0 Å². The first-order chi connectivity index (χ1) is 5.69. The molecule has 0 atom stereocenters. The molecule has 1 heterocycles. The van der Waals surface area contributed by atoms with Gasteiger partial charge in [-0.25, -0.2) is 4.98 Å². The molecule has 0 amide bonds. The first-order valence-electron chi connectivity index (χ1n) is 4.41. The molecule has 0 bridgehead atoms. The smallest absolute Gasteiger partial charge is 0.109 e. The molecular formula is C9H16N2S. The van der Waals surface area contributed by atoms with Gasteiger partial charge in [0.15, 0.2) is 0 Å². The molecule has 12 heavy (non-hydrogen) atoms. The molecule has 0 saturated heterocycles. The van der Waals surface area contributed by atoms with E-state index in [0.29, 0.717) is 5.92 Å². The van der Waals surface area contributed by atoms with Crippen LogP contribution in [0.2, 0.25) is 0 Å². The Morgan fingerprint density at radius 3 is 2.33 bits per heavy atom. The van der Waals surface area contributed by atoms with E-state index in [4.69, 9.17) is 5.73 Å². The van der Waals surface area contributed by atoms with Gasteiger partial charge in [0, 0.05) is 5.92 Å². The van der Waals surface area contributed by atoms with Crippen molar-refractivity contribution >= 4 is 16.3 Å². The van der Waals surface area contributed by atoms with Crippen molar-refractivity contribution in [3.8, 4) is 0 Å². The second kappa shape index (κ2) is 3.90. The third-order valence-electron chi connectivity index (χ3n) is 2.18. The van der Waals surface area contributed by atoms with Crippen LogP contribution in [-0.4, -0.2) is 4.98 Å². The molecule has 0 aromatic carbocycles. The van der Waals surface area contributed by atoms with Gasteiger partial charge in [-0.2, -0.15) is 0 Å². The van der Waals surface area contributed by atoms with E-state index < -0.39 is 0 Å². The summed E-state index contributed by atoms with van der Waals surface area (Å²) >= 11 is 1.64. The van der Waals surface area contributed by atoms with E-state index in [1.54, 1.807) is 11.3 Å². The first kappa shape index (κ1) is 9.52. The minimum Gasteiger partial charge on any atom is -0.389 e. The fourth-order valence-corrected chi connectivity index (χ4v) is 2.34. The monoisotopic (exact) mass is 184 g/mol. The molecule has 0 radical (unpaired) electrons. The highest BCUT2D eigenvalue weighted by Crippen LogP contribution is 2.30. The van der Waals surface area contributed by atoms with Gasteiger partial charge in [0.25, 0.3) is 0 Å². The molecule has 3 heteroatoms. The predicted octanol–water partition coefficient (Wildman–Crippen LogP) is 2.94. The van der Waals surface area contributed by atoms with Crippen LogP contribution >= 0.6 is 11.3 Å². The summed E-state index contributed by atoms with van der Waals surface area (Å²) in [6, 6.07) is 0. The van der Waals surface area contributed by atoms with Crippen LogP contribution in [0.15, 0.2) is 0 Å². The molecule has 0 aliphatic carbocycles. The topological polar surface area (TPSA) is 38.9 Å². The highest BCUT2D eigenvalue weighted by Gasteiger charge is 2.12. The Bertz CT molecular complexity index is 232. The van der Waals surface area contributed by atoms with E-state index in [1.165, 1.54) is 5.01 Å². The summed E-state index contributed by atoms with van der Waals surface area (Å²) in [5.74, 6) is 0.603. The number of rotatable bonds is 3. The fourth-order valence-electron chi connectivity index (χ4n) is 1.24. The maximum absolute atomic E-state index is 5.74. The van der Waals surface area contributed by atoms with E-state index in [1.807, 2.05) is 6.92 Å². The summed E-state index contributed by atoms with van der Waals surface area (Å²) in [6.07, 6.45) is 2.31. The molecule has 0 spiro atoms. The third kappa shape index (κ3) is 1.78. The minimum atomic E-state index is 0.603. The van der Waals surface area contributed by atoms with E-state index in [9.17, 15) is 0 Å². The van der Waals surface area contributed by atoms with Crippen molar-refractivity contribution in [2.75, 3.05) is 5.73 Å². The molecule has 0 unspecified atom stereocenters. The van der Waals surface area contributed by atoms with Crippen LogP contribution in [0.4, 0.5) is 5.00 Å². The second-order valence-corrected chi connectivity index (χ2v) is 4.08. The van der Waals surface area contributed by atoms with Crippen molar-refractivity contribution in [3.05, 3.63) is 10.7 Å². The number of aryl methyl sites for hydroxylation is 1. The minimum absolute atomic E-state index is 0.603. The van der Waals surface area contributed by atoms with Gasteiger partial charge in [0.05, 0.1) is 10.7 Å². The number of nitrogens with zero attached hydrogens (tertiary/aromatic N) is 1. The molecule has 0 aliphatic heterocycles. The Hall–Kier alpha value is -0.570. The lowest BCUT2D eigenvalue weighted by Gasteiger charge is -2.06. The number of thiazole rings is 1. The molecule has 68 valence electrons. The summed E-state index contributed by atoms with van der Waals surface area (Å²) in [4.78, 5) is 4.45. The van der Waals surface area contributed by atoms with Crippen LogP contribution in [0.5, 0.6) is 0 Å². The standard InChI is InChI=1S/C9H16N2S/c1-4-7(5-2)9-11-6(3)8(10)12-9/h7H,4-5,10H2,1-3H3. The molecule has 0 fully saturated rings. The number of anilines is 1. The lowest BCUT2D eigenvalue weighted by Crippen LogP contribution is -1.93. The first-order valence-corrected chi connectivity index (χ1v) is 5.23. The molecule has 1 aromatic heterocycles. The van der Waals surface area contributed by atoms with Crippen LogP contribution in [0, 0.1) is 6.92 Å². The summed E-state index contributed by atoms with van der Waals surface area (Å²) in [6.45, 7) is 6.36. The van der Waals surface area contributed by atoms with Crippen molar-refractivity contribution in [1.29, 1.82) is 0 Å². The van der Waals surface area contributed by atoms with Gasteiger partial charge in [0.1, 0.15) is 5.00 Å². The zero-order chi connectivity index (χ0) is 9.14. The van der Waals surface area contributed by atoms with Gasteiger partial charge in [0.2, 0.25) is 0 Å². The van der Waals surface area contributed by atoms with Gasteiger partial charge in [-0.3, -0.25) is 0 Å². The fraction of sp³-hybridized carbons (Fsp3) is 0.667. The van der Waals surface area contributed by atoms with E-state index >= 15 is 0 Å². The Morgan fingerprint density at radius 1 is 1.42 bits per heavy atom. The lowest BCUT2D eigenvalue weighted by molar-refractivity contribution is 0.636. The van der Waals surface area contributed by atoms with Crippen LogP contribution < -0.4 is 5.73 Å². The number of hydrogen-bond donors (Lipinski definition) is 1. The van der Waals surface area contributed by atoms with Gasteiger partial charge >= 0.3 is 0 Å². The molecule has 2 nitrogen and oxygen atoms in total. The number of aromatic nitrogens is 1. The Balaban J connectivity index is 2.86. The summed E-state index contributed by atoms with van der Waals surface area (Å²) in [5.41, 5.74) is 6.73. The SMILES string of the molecule is CCC(CC)c1nc(C)c(N)s1. The predicted molar refractivity (Wildman–Crippen MR) is 54.6 cm³/mol. The third-order valence-corrected chi connectivity index (χ3v) is 3.33. The maximum atomic E-state index is 5.74. The number of hydrogen-bond acceptors (Lipinski definition) is 3. The highest BCUT2D eigenvalue weighted by molar-refractivity contribution is 7.15. The lowest BCUT2D eigenvalue weighted by atomic mass is 10.1. The number of nitrogen functional groups attached to an aromatic ring is 1. The van der Waals surface area contributed by atoms with Crippen molar-refractivity contribution in [1.82, 2.24) is 4.98 Å². The Morgan fingerprint density at radius 2 is 2.00 bits per heavy atom. The van der Waals surface area contributed by atoms with Crippen molar-refractivity contribution in [2.24, 2.45) is 0 Å². The largest absolute Gasteiger partial charge is 0.389 e. The quantitative estimate of drug-likeness (QED) is 0.784. The van der Waals surface area contributed by atoms with Crippen LogP contribution in [0.3, 0.4) is 0 Å². The Labute approximate surface area is 77.8 Å². The second-order valence-electron chi connectivity index (χ2n) is 3.02. The van der Waals surface area contributed by atoms with Crippen molar-refractivity contribution in [3.63, 3.8) is 0 Å². The summed E-state index contributed by atoms with van der Waals surface area (Å²) in [7, 11) is 0. The summed E-state index contributed by atoms with van der Waals surface area (Å²) in [5, 5.41) is 2.08. The van der Waals surface area contributed by atoms with Crippen molar-refractivity contribution < 1.29 is 0 Å². The molecule has 1 rings (SSSR count). The van der Waals surface area contributed by atoms with Gasteiger partial charge in [-0.15, -0.1) is 11.3 Å². The molecule has 0 aliphatic rings. The molecule has 0 saturated carbocycles. The van der Waals surface area contributed by atoms with Gasteiger partial charge in [-0.05, 0) is 19.8 Å². The molecular weight excluding hydrogens is 168 g/mol. The zero-order valence-electron chi connectivity index (χ0n) is 7.92. The van der Waals surface area contributed by atoms with E-state index in [-0.39, 0.29) is 0 Å². The van der Waals surface area contributed by atoms with Crippen LogP contribution in [-0.2, 0) is 0 Å². The van der Waals surface area contributed by atoms with Gasteiger partial charge < -0.3 is 5.73 Å². The maximum Gasteiger partial charge on any atom is 0.109 e. The highest BCUT2D eigenvalue weighted by atomic mass is 32.1.